The van der Waals surface area contributed by atoms with E-state index in [2.05, 4.69) is 41.2 Å². The lowest BCUT2D eigenvalue weighted by Crippen LogP contribution is -2.26. The molecule has 0 bridgehead atoms. The molecule has 1 aliphatic rings. The predicted octanol–water partition coefficient (Wildman–Crippen LogP) is 1.26. The molecule has 1 fully saturated rings. The van der Waals surface area contributed by atoms with Crippen LogP contribution in [0.2, 0.25) is 0 Å². The van der Waals surface area contributed by atoms with E-state index in [0.29, 0.717) is 4.47 Å². The number of carbonyl (C=O) groups excluding carboxylic acids is 1. The number of hydrogen-bond donors (Lipinski definition) is 3. The van der Waals surface area contributed by atoms with Gasteiger partial charge in [0.2, 0.25) is 16.0 Å². The normalized spacial score (nSPS) is 14.8. The minimum atomic E-state index is -3.62. The largest absolute Gasteiger partial charge is 0.291 e. The van der Waals surface area contributed by atoms with Crippen molar-refractivity contribution >= 4 is 37.8 Å². The number of nitrogens with one attached hydrogen (secondary N) is 3. The lowest BCUT2D eigenvalue weighted by Gasteiger charge is -2.09. The Balaban J connectivity index is 1.87. The van der Waals surface area contributed by atoms with Crippen LogP contribution in [0.4, 0.5) is 5.95 Å². The van der Waals surface area contributed by atoms with Crippen molar-refractivity contribution in [2.75, 3.05) is 5.32 Å². The molecule has 1 amide bonds. The summed E-state index contributed by atoms with van der Waals surface area (Å²) < 4.78 is 27.5. The van der Waals surface area contributed by atoms with Gasteiger partial charge in [-0.25, -0.2) is 18.2 Å². The van der Waals surface area contributed by atoms with E-state index in [4.69, 9.17) is 0 Å². The van der Waals surface area contributed by atoms with Crippen LogP contribution in [0.5, 0.6) is 0 Å². The van der Waals surface area contributed by atoms with Crippen LogP contribution < -0.4 is 10.0 Å². The molecule has 22 heavy (non-hydrogen) atoms. The maximum Gasteiger partial charge on any atom is 0.259 e. The molecule has 116 valence electrons. The number of halogens is 1. The van der Waals surface area contributed by atoms with Crippen LogP contribution in [0, 0.1) is 0 Å². The molecule has 0 radical (unpaired) electrons. The fourth-order valence-corrected chi connectivity index (χ4v) is 3.53. The summed E-state index contributed by atoms with van der Waals surface area (Å²) in [5.41, 5.74) is 0.190. The van der Waals surface area contributed by atoms with Crippen LogP contribution in [-0.4, -0.2) is 35.5 Å². The van der Waals surface area contributed by atoms with Crippen molar-refractivity contribution in [1.82, 2.24) is 19.9 Å². The Kier molecular flexibility index (Phi) is 3.98. The molecule has 3 rings (SSSR count). The van der Waals surface area contributed by atoms with Crippen molar-refractivity contribution in [3.8, 4) is 0 Å². The van der Waals surface area contributed by atoms with Crippen molar-refractivity contribution in [2.24, 2.45) is 0 Å². The molecule has 3 N–H and O–H groups in total. The van der Waals surface area contributed by atoms with E-state index in [-0.39, 0.29) is 22.4 Å². The zero-order chi connectivity index (χ0) is 15.7. The van der Waals surface area contributed by atoms with Crippen LogP contribution in [0.15, 0.2) is 33.9 Å². The molecule has 1 saturated carbocycles. The van der Waals surface area contributed by atoms with Crippen LogP contribution >= 0.6 is 15.9 Å². The zero-order valence-electron chi connectivity index (χ0n) is 11.2. The molecular formula is C12H12BrN5O3S. The Morgan fingerprint density at radius 3 is 2.77 bits per heavy atom. The average Bonchev–Trinajstić information content (AvgIpc) is 3.11. The van der Waals surface area contributed by atoms with E-state index in [1.807, 2.05) is 0 Å². The highest BCUT2D eigenvalue weighted by atomic mass is 79.9. The van der Waals surface area contributed by atoms with Crippen LogP contribution in [0.1, 0.15) is 23.2 Å². The van der Waals surface area contributed by atoms with E-state index < -0.39 is 15.9 Å². The standard InChI is InChI=1S/C12H12BrN5O3S/c13-10-4-3-8(22(20,21)18-7-1-2-7)5-9(10)11(19)16-12-14-6-15-17-12/h3-7,18H,1-2H2,(H2,14,15,16,17,19). The first-order chi connectivity index (χ1) is 10.5. The number of H-pyrrole nitrogens is 1. The molecule has 0 aliphatic heterocycles. The van der Waals surface area contributed by atoms with Gasteiger partial charge in [0, 0.05) is 10.5 Å². The Morgan fingerprint density at radius 1 is 1.36 bits per heavy atom. The summed E-state index contributed by atoms with van der Waals surface area (Å²) in [5, 5.41) is 8.61. The lowest BCUT2D eigenvalue weighted by atomic mass is 10.2. The summed E-state index contributed by atoms with van der Waals surface area (Å²) in [4.78, 5) is 16.0. The molecule has 2 aromatic rings. The third kappa shape index (κ3) is 3.34. The molecule has 10 heteroatoms. The highest BCUT2D eigenvalue weighted by molar-refractivity contribution is 9.10. The predicted molar refractivity (Wildman–Crippen MR) is 81.8 cm³/mol. The Hall–Kier alpha value is -1.78. The Labute approximate surface area is 134 Å². The molecule has 0 spiro atoms. The number of aromatic nitrogens is 3. The number of carbonyl (C=O) groups is 1. The second-order valence-electron chi connectivity index (χ2n) is 4.83. The Bertz CT molecular complexity index is 802. The van der Waals surface area contributed by atoms with Gasteiger partial charge in [-0.1, -0.05) is 0 Å². The van der Waals surface area contributed by atoms with Gasteiger partial charge in [-0.15, -0.1) is 0 Å². The molecule has 1 heterocycles. The highest BCUT2D eigenvalue weighted by Crippen LogP contribution is 2.25. The molecule has 0 unspecified atom stereocenters. The van der Waals surface area contributed by atoms with Gasteiger partial charge in [0.05, 0.1) is 10.5 Å². The van der Waals surface area contributed by atoms with E-state index in [1.54, 1.807) is 0 Å². The van der Waals surface area contributed by atoms with E-state index in [9.17, 15) is 13.2 Å². The molecule has 1 aromatic carbocycles. The van der Waals surface area contributed by atoms with Crippen molar-refractivity contribution in [3.05, 3.63) is 34.6 Å². The highest BCUT2D eigenvalue weighted by Gasteiger charge is 2.28. The first-order valence-corrected chi connectivity index (χ1v) is 8.72. The molecule has 1 aromatic heterocycles. The quantitative estimate of drug-likeness (QED) is 0.715. The lowest BCUT2D eigenvalue weighted by molar-refractivity contribution is 0.102. The van der Waals surface area contributed by atoms with Crippen molar-refractivity contribution in [3.63, 3.8) is 0 Å². The number of aromatic amines is 1. The summed E-state index contributed by atoms with van der Waals surface area (Å²) >= 11 is 3.24. The van der Waals surface area contributed by atoms with Crippen LogP contribution in [0.25, 0.3) is 0 Å². The van der Waals surface area contributed by atoms with Crippen LogP contribution in [-0.2, 0) is 10.0 Å². The number of rotatable bonds is 5. The summed E-state index contributed by atoms with van der Waals surface area (Å²) in [6, 6.07) is 4.29. The fraction of sp³-hybridized carbons (Fsp3) is 0.250. The Morgan fingerprint density at radius 2 is 2.14 bits per heavy atom. The maximum atomic E-state index is 12.2. The number of nitrogens with zero attached hydrogens (tertiary/aromatic N) is 2. The number of hydrogen-bond acceptors (Lipinski definition) is 5. The number of anilines is 1. The number of amides is 1. The van der Waals surface area contributed by atoms with Crippen molar-refractivity contribution in [2.45, 2.75) is 23.8 Å². The van der Waals surface area contributed by atoms with Crippen molar-refractivity contribution < 1.29 is 13.2 Å². The van der Waals surface area contributed by atoms with Gasteiger partial charge in [0.1, 0.15) is 6.33 Å². The first-order valence-electron chi connectivity index (χ1n) is 6.44. The fourth-order valence-electron chi connectivity index (χ4n) is 1.77. The molecule has 0 atom stereocenters. The van der Waals surface area contributed by atoms with E-state index in [1.165, 1.54) is 24.5 Å². The maximum absolute atomic E-state index is 12.2. The monoisotopic (exact) mass is 385 g/mol. The van der Waals surface area contributed by atoms with Crippen molar-refractivity contribution in [1.29, 1.82) is 0 Å². The van der Waals surface area contributed by atoms with Gasteiger partial charge >= 0.3 is 0 Å². The number of benzene rings is 1. The van der Waals surface area contributed by atoms with Gasteiger partial charge < -0.3 is 0 Å². The summed E-state index contributed by atoms with van der Waals surface area (Å²) in [5.74, 6) is -0.312. The van der Waals surface area contributed by atoms with Gasteiger partial charge in [-0.2, -0.15) is 10.1 Å². The molecular weight excluding hydrogens is 374 g/mol. The average molecular weight is 386 g/mol. The van der Waals surface area contributed by atoms with E-state index >= 15 is 0 Å². The summed E-state index contributed by atoms with van der Waals surface area (Å²) in [6.45, 7) is 0. The second-order valence-corrected chi connectivity index (χ2v) is 7.39. The summed E-state index contributed by atoms with van der Waals surface area (Å²) in [7, 11) is -3.62. The first kappa shape index (κ1) is 15.1. The molecule has 8 nitrogen and oxygen atoms in total. The van der Waals surface area contributed by atoms with Gasteiger partial charge in [0.25, 0.3) is 5.91 Å². The minimum Gasteiger partial charge on any atom is -0.291 e. The number of sulfonamides is 1. The van der Waals surface area contributed by atoms with Gasteiger partial charge in [-0.05, 0) is 47.0 Å². The third-order valence-corrected chi connectivity index (χ3v) is 5.25. The topological polar surface area (TPSA) is 117 Å². The van der Waals surface area contributed by atoms with Gasteiger partial charge in [0.15, 0.2) is 0 Å². The third-order valence-electron chi connectivity index (χ3n) is 3.04. The molecule has 1 aliphatic carbocycles. The SMILES string of the molecule is O=C(Nc1ncn[nH]1)c1cc(S(=O)(=O)NC2CC2)ccc1Br. The van der Waals surface area contributed by atoms with Gasteiger partial charge in [-0.3, -0.25) is 10.1 Å². The summed E-state index contributed by atoms with van der Waals surface area (Å²) in [6.07, 6.45) is 2.94. The zero-order valence-corrected chi connectivity index (χ0v) is 13.6. The molecule has 0 saturated heterocycles. The minimum absolute atomic E-state index is 0.000108. The smallest absolute Gasteiger partial charge is 0.259 e. The van der Waals surface area contributed by atoms with E-state index in [0.717, 1.165) is 12.8 Å². The van der Waals surface area contributed by atoms with Crippen LogP contribution in [0.3, 0.4) is 0 Å². The second kappa shape index (κ2) is 5.78.